The van der Waals surface area contributed by atoms with Gasteiger partial charge >= 0.3 is 0 Å². The van der Waals surface area contributed by atoms with Crippen LogP contribution in [0.3, 0.4) is 0 Å². The highest BCUT2D eigenvalue weighted by Crippen LogP contribution is 2.17. The third-order valence-corrected chi connectivity index (χ3v) is 3.15. The van der Waals surface area contributed by atoms with Gasteiger partial charge < -0.3 is 5.73 Å². The molecule has 1 unspecified atom stereocenters. The molecule has 0 saturated carbocycles. The molecule has 0 saturated heterocycles. The molecule has 1 amide bonds. The van der Waals surface area contributed by atoms with E-state index in [1.165, 1.54) is 6.07 Å². The molecule has 0 spiro atoms. The first-order valence-corrected chi connectivity index (χ1v) is 6.40. The standard InChI is InChI=1S/C16H17FN2O/c1-11-9-13(7-8-14(11)17)15(16(18)20)19-10-12-5-3-2-4-6-12/h2-9,15,19H,10H2,1H3,(H2,18,20). The van der Waals surface area contributed by atoms with Crippen molar-refractivity contribution in [2.45, 2.75) is 19.5 Å². The lowest BCUT2D eigenvalue weighted by Gasteiger charge is -2.16. The van der Waals surface area contributed by atoms with E-state index >= 15 is 0 Å². The summed E-state index contributed by atoms with van der Waals surface area (Å²) in [4.78, 5) is 11.6. The first-order valence-electron chi connectivity index (χ1n) is 6.40. The lowest BCUT2D eigenvalue weighted by Crippen LogP contribution is -2.33. The van der Waals surface area contributed by atoms with Crippen molar-refractivity contribution in [2.75, 3.05) is 0 Å². The van der Waals surface area contributed by atoms with E-state index in [-0.39, 0.29) is 5.82 Å². The quantitative estimate of drug-likeness (QED) is 0.878. The Morgan fingerprint density at radius 2 is 1.95 bits per heavy atom. The molecular formula is C16H17FN2O. The predicted octanol–water partition coefficient (Wildman–Crippen LogP) is 2.45. The van der Waals surface area contributed by atoms with Crippen LogP contribution in [0.2, 0.25) is 0 Å². The zero-order valence-corrected chi connectivity index (χ0v) is 11.3. The molecule has 0 heterocycles. The number of hydrogen-bond donors (Lipinski definition) is 2. The first kappa shape index (κ1) is 14.2. The second-order valence-corrected chi connectivity index (χ2v) is 4.71. The van der Waals surface area contributed by atoms with Gasteiger partial charge in [0.15, 0.2) is 0 Å². The van der Waals surface area contributed by atoms with Crippen LogP contribution in [0.4, 0.5) is 4.39 Å². The van der Waals surface area contributed by atoms with Gasteiger partial charge in [0.2, 0.25) is 5.91 Å². The topological polar surface area (TPSA) is 55.1 Å². The lowest BCUT2D eigenvalue weighted by atomic mass is 10.0. The fourth-order valence-electron chi connectivity index (χ4n) is 2.05. The molecule has 0 aliphatic carbocycles. The second-order valence-electron chi connectivity index (χ2n) is 4.71. The van der Waals surface area contributed by atoms with Crippen LogP contribution in [0.15, 0.2) is 48.5 Å². The van der Waals surface area contributed by atoms with Crippen molar-refractivity contribution in [3.63, 3.8) is 0 Å². The van der Waals surface area contributed by atoms with Crippen molar-refractivity contribution in [1.29, 1.82) is 0 Å². The number of benzene rings is 2. The highest BCUT2D eigenvalue weighted by atomic mass is 19.1. The van der Waals surface area contributed by atoms with Crippen LogP contribution in [-0.2, 0) is 11.3 Å². The number of nitrogens with one attached hydrogen (secondary N) is 1. The summed E-state index contributed by atoms with van der Waals surface area (Å²) in [6, 6.07) is 13.6. The van der Waals surface area contributed by atoms with Gasteiger partial charge in [-0.05, 0) is 29.7 Å². The highest BCUT2D eigenvalue weighted by molar-refractivity contribution is 5.81. The monoisotopic (exact) mass is 272 g/mol. The van der Waals surface area contributed by atoms with Gasteiger partial charge in [0, 0.05) is 6.54 Å². The Morgan fingerprint density at radius 3 is 2.55 bits per heavy atom. The highest BCUT2D eigenvalue weighted by Gasteiger charge is 2.17. The van der Waals surface area contributed by atoms with E-state index in [0.29, 0.717) is 17.7 Å². The van der Waals surface area contributed by atoms with Gasteiger partial charge in [0.25, 0.3) is 0 Å². The largest absolute Gasteiger partial charge is 0.368 e. The molecule has 0 radical (unpaired) electrons. The van der Waals surface area contributed by atoms with Crippen molar-refractivity contribution < 1.29 is 9.18 Å². The number of nitrogens with two attached hydrogens (primary N) is 1. The molecule has 2 aromatic rings. The summed E-state index contributed by atoms with van der Waals surface area (Å²) in [5, 5.41) is 3.10. The van der Waals surface area contributed by atoms with Gasteiger partial charge in [-0.2, -0.15) is 0 Å². The van der Waals surface area contributed by atoms with Gasteiger partial charge in [-0.1, -0.05) is 42.5 Å². The molecule has 2 rings (SSSR count). The smallest absolute Gasteiger partial charge is 0.239 e. The van der Waals surface area contributed by atoms with Gasteiger partial charge in [0.05, 0.1) is 0 Å². The maximum Gasteiger partial charge on any atom is 0.239 e. The number of carbonyl (C=O) groups is 1. The van der Waals surface area contributed by atoms with E-state index in [1.54, 1.807) is 19.1 Å². The average molecular weight is 272 g/mol. The van der Waals surface area contributed by atoms with Crippen LogP contribution in [0.5, 0.6) is 0 Å². The van der Waals surface area contributed by atoms with Crippen molar-refractivity contribution in [3.8, 4) is 0 Å². The minimum absolute atomic E-state index is 0.292. The minimum atomic E-state index is -0.630. The summed E-state index contributed by atoms with van der Waals surface area (Å²) in [5.41, 5.74) is 7.65. The Bertz CT molecular complexity index is 599. The Kier molecular flexibility index (Phi) is 4.48. The van der Waals surface area contributed by atoms with Crippen LogP contribution in [-0.4, -0.2) is 5.91 Å². The van der Waals surface area contributed by atoms with Crippen molar-refractivity contribution in [2.24, 2.45) is 5.73 Å². The van der Waals surface area contributed by atoms with E-state index in [0.717, 1.165) is 5.56 Å². The lowest BCUT2D eigenvalue weighted by molar-refractivity contribution is -0.120. The Balaban J connectivity index is 2.15. The summed E-state index contributed by atoms with van der Waals surface area (Å²) in [5.74, 6) is -0.771. The number of halogens is 1. The van der Waals surface area contributed by atoms with Crippen LogP contribution in [0.1, 0.15) is 22.7 Å². The van der Waals surface area contributed by atoms with Gasteiger partial charge in [0.1, 0.15) is 11.9 Å². The molecule has 104 valence electrons. The third kappa shape index (κ3) is 3.42. The molecule has 1 atom stereocenters. The molecular weight excluding hydrogens is 255 g/mol. The van der Waals surface area contributed by atoms with Crippen molar-refractivity contribution in [3.05, 3.63) is 71.0 Å². The Morgan fingerprint density at radius 1 is 1.25 bits per heavy atom. The molecule has 0 aliphatic heterocycles. The number of primary amides is 1. The predicted molar refractivity (Wildman–Crippen MR) is 76.4 cm³/mol. The number of amides is 1. The van der Waals surface area contributed by atoms with Gasteiger partial charge in [-0.15, -0.1) is 0 Å². The number of rotatable bonds is 5. The van der Waals surface area contributed by atoms with Crippen molar-refractivity contribution >= 4 is 5.91 Å². The minimum Gasteiger partial charge on any atom is -0.368 e. The van der Waals surface area contributed by atoms with E-state index in [1.807, 2.05) is 30.3 Å². The van der Waals surface area contributed by atoms with Gasteiger partial charge in [-0.25, -0.2) is 4.39 Å². The van der Waals surface area contributed by atoms with E-state index in [9.17, 15) is 9.18 Å². The fraction of sp³-hybridized carbons (Fsp3) is 0.188. The second kappa shape index (κ2) is 6.30. The average Bonchev–Trinajstić information content (AvgIpc) is 2.43. The molecule has 3 N–H and O–H groups in total. The van der Waals surface area contributed by atoms with E-state index in [2.05, 4.69) is 5.32 Å². The summed E-state index contributed by atoms with van der Waals surface area (Å²) in [6.07, 6.45) is 0. The van der Waals surface area contributed by atoms with E-state index < -0.39 is 11.9 Å². The van der Waals surface area contributed by atoms with Crippen molar-refractivity contribution in [1.82, 2.24) is 5.32 Å². The zero-order valence-electron chi connectivity index (χ0n) is 11.3. The summed E-state index contributed by atoms with van der Waals surface area (Å²) in [7, 11) is 0. The maximum atomic E-state index is 13.3. The number of hydrogen-bond acceptors (Lipinski definition) is 2. The maximum absolute atomic E-state index is 13.3. The molecule has 3 nitrogen and oxygen atoms in total. The number of carbonyl (C=O) groups excluding carboxylic acids is 1. The molecule has 0 aromatic heterocycles. The van der Waals surface area contributed by atoms with Crippen LogP contribution in [0, 0.1) is 12.7 Å². The summed E-state index contributed by atoms with van der Waals surface area (Å²) >= 11 is 0. The summed E-state index contributed by atoms with van der Waals surface area (Å²) in [6.45, 7) is 2.18. The third-order valence-electron chi connectivity index (χ3n) is 3.15. The Hall–Kier alpha value is -2.20. The molecule has 2 aromatic carbocycles. The Labute approximate surface area is 117 Å². The molecule has 4 heteroatoms. The molecule has 0 aliphatic rings. The normalized spacial score (nSPS) is 12.1. The summed E-state index contributed by atoms with van der Waals surface area (Å²) < 4.78 is 13.3. The first-order chi connectivity index (χ1) is 9.58. The fourth-order valence-corrected chi connectivity index (χ4v) is 2.05. The van der Waals surface area contributed by atoms with Gasteiger partial charge in [-0.3, -0.25) is 10.1 Å². The molecule has 20 heavy (non-hydrogen) atoms. The van der Waals surface area contributed by atoms with Crippen LogP contribution < -0.4 is 11.1 Å². The van der Waals surface area contributed by atoms with E-state index in [4.69, 9.17) is 5.73 Å². The zero-order chi connectivity index (χ0) is 14.5. The molecule has 0 fully saturated rings. The van der Waals surface area contributed by atoms with Crippen LogP contribution >= 0.6 is 0 Å². The molecule has 0 bridgehead atoms. The SMILES string of the molecule is Cc1cc(C(NCc2ccccc2)C(N)=O)ccc1F. The van der Waals surface area contributed by atoms with Crippen LogP contribution in [0.25, 0.3) is 0 Å². The number of aryl methyl sites for hydroxylation is 1.